The maximum Gasteiger partial charge on any atom is 0.319 e. The first-order chi connectivity index (χ1) is 17.7. The molecule has 4 amide bonds. The summed E-state index contributed by atoms with van der Waals surface area (Å²) < 4.78 is 5.26. The number of para-hydroxylation sites is 2. The van der Waals surface area contributed by atoms with Crippen LogP contribution in [0.2, 0.25) is 0 Å². The van der Waals surface area contributed by atoms with Gasteiger partial charge in [0, 0.05) is 11.4 Å². The normalized spacial score (nSPS) is 13.2. The number of aliphatic hydroxyl groups excluding tert-OH is 1. The highest BCUT2D eigenvalue weighted by Crippen LogP contribution is 2.40. The third kappa shape index (κ3) is 5.73. The fraction of sp³-hybridized carbons (Fsp3) is 0.250. The van der Waals surface area contributed by atoms with Crippen LogP contribution in [-0.4, -0.2) is 42.7 Å². The number of benzene rings is 3. The molecule has 0 aromatic heterocycles. The molecule has 0 aliphatic heterocycles. The van der Waals surface area contributed by atoms with Gasteiger partial charge in [-0.25, -0.2) is 4.79 Å². The molecule has 3 aromatic rings. The zero-order chi connectivity index (χ0) is 27.0. The fourth-order valence-electron chi connectivity index (χ4n) is 4.37. The fourth-order valence-corrected chi connectivity index (χ4v) is 4.37. The molecule has 0 fully saturated rings. The van der Waals surface area contributed by atoms with Crippen molar-refractivity contribution in [2.24, 2.45) is 11.7 Å². The summed E-state index contributed by atoms with van der Waals surface area (Å²) in [4.78, 5) is 41.4. The van der Waals surface area contributed by atoms with Crippen LogP contribution in [0.3, 0.4) is 0 Å². The van der Waals surface area contributed by atoms with Crippen LogP contribution in [0.4, 0.5) is 16.2 Å². The van der Waals surface area contributed by atoms with Crippen LogP contribution in [0.5, 0.6) is 5.75 Å². The number of carbonyl (C=O) groups excluding carboxylic acids is 3. The molecule has 0 aliphatic rings. The van der Waals surface area contributed by atoms with Crippen molar-refractivity contribution in [2.45, 2.75) is 25.4 Å². The molecule has 9 nitrogen and oxygen atoms in total. The lowest BCUT2D eigenvalue weighted by atomic mass is 9.76. The van der Waals surface area contributed by atoms with Crippen molar-refractivity contribution in [1.29, 1.82) is 0 Å². The van der Waals surface area contributed by atoms with Gasteiger partial charge in [-0.1, -0.05) is 62.4 Å². The maximum absolute atomic E-state index is 14.1. The van der Waals surface area contributed by atoms with Gasteiger partial charge in [-0.3, -0.25) is 14.5 Å². The lowest BCUT2D eigenvalue weighted by molar-refractivity contribution is -0.131. The molecule has 0 heterocycles. The molecule has 0 aliphatic carbocycles. The number of aliphatic hydroxyl groups is 1. The van der Waals surface area contributed by atoms with E-state index in [-0.39, 0.29) is 0 Å². The summed E-state index contributed by atoms with van der Waals surface area (Å²) >= 11 is 0. The number of amides is 4. The molecule has 0 saturated heterocycles. The molecular formula is C28H32N4O5. The third-order valence-electron chi connectivity index (χ3n) is 6.15. The Morgan fingerprint density at radius 2 is 1.51 bits per heavy atom. The zero-order valence-corrected chi connectivity index (χ0v) is 21.0. The van der Waals surface area contributed by atoms with Gasteiger partial charge in [-0.15, -0.1) is 0 Å². The van der Waals surface area contributed by atoms with Crippen molar-refractivity contribution in [2.75, 3.05) is 23.9 Å². The van der Waals surface area contributed by atoms with Crippen LogP contribution in [0, 0.1) is 5.92 Å². The first-order valence-corrected chi connectivity index (χ1v) is 11.8. The monoisotopic (exact) mass is 504 g/mol. The minimum absolute atomic E-state index is 0.375. The van der Waals surface area contributed by atoms with E-state index in [0.29, 0.717) is 22.7 Å². The summed E-state index contributed by atoms with van der Waals surface area (Å²) in [5.41, 5.74) is 5.75. The lowest BCUT2D eigenvalue weighted by Gasteiger charge is -2.46. The molecule has 5 N–H and O–H groups in total. The highest BCUT2D eigenvalue weighted by Gasteiger charge is 2.51. The molecule has 0 saturated carbocycles. The summed E-state index contributed by atoms with van der Waals surface area (Å²) in [7, 11) is 1.52. The predicted octanol–water partition coefficient (Wildman–Crippen LogP) is 3.25. The number of nitrogens with zero attached hydrogens (tertiary/aromatic N) is 1. The minimum Gasteiger partial charge on any atom is -0.497 e. The average molecular weight is 505 g/mol. The van der Waals surface area contributed by atoms with Crippen molar-refractivity contribution in [3.63, 3.8) is 0 Å². The molecule has 0 spiro atoms. The number of anilines is 2. The van der Waals surface area contributed by atoms with Crippen molar-refractivity contribution in [3.8, 4) is 5.75 Å². The van der Waals surface area contributed by atoms with Crippen molar-refractivity contribution >= 4 is 29.2 Å². The topological polar surface area (TPSA) is 134 Å². The number of nitrogens with two attached hydrogens (primary N) is 1. The molecular weight excluding hydrogens is 472 g/mol. The van der Waals surface area contributed by atoms with Gasteiger partial charge in [0.1, 0.15) is 11.8 Å². The Balaban J connectivity index is 2.10. The SMILES string of the molecule is COc1ccc(C(C(N)=O)(C(C)C)N(C(=O)[C@@H](CO)NC(=O)Nc2ccccc2)c2ccccc2)cc1. The van der Waals surface area contributed by atoms with E-state index in [1.54, 1.807) is 98.8 Å². The summed E-state index contributed by atoms with van der Waals surface area (Å²) in [5.74, 6) is -1.41. The number of hydrogen-bond donors (Lipinski definition) is 4. The second-order valence-corrected chi connectivity index (χ2v) is 8.72. The van der Waals surface area contributed by atoms with Gasteiger partial charge < -0.3 is 26.2 Å². The highest BCUT2D eigenvalue weighted by molar-refractivity contribution is 6.07. The van der Waals surface area contributed by atoms with Gasteiger partial charge in [0.15, 0.2) is 5.54 Å². The standard InChI is InChI=1S/C28H32N4O5/c1-19(2)28(26(29)35,20-14-16-23(37-3)17-15-20)32(22-12-8-5-9-13-22)25(34)24(18-33)31-27(36)30-21-10-6-4-7-11-21/h4-17,19,24,33H,18H2,1-3H3,(H2,29,35)(H2,30,31,36)/t24-,28?/m1/s1. The van der Waals surface area contributed by atoms with Gasteiger partial charge in [-0.05, 0) is 47.9 Å². The molecule has 9 heteroatoms. The minimum atomic E-state index is -1.66. The molecule has 0 bridgehead atoms. The van der Waals surface area contributed by atoms with Crippen molar-refractivity contribution in [3.05, 3.63) is 90.5 Å². The van der Waals surface area contributed by atoms with Gasteiger partial charge in [-0.2, -0.15) is 0 Å². The second-order valence-electron chi connectivity index (χ2n) is 8.72. The van der Waals surface area contributed by atoms with E-state index in [1.807, 2.05) is 0 Å². The number of methoxy groups -OCH3 is 1. The van der Waals surface area contributed by atoms with E-state index < -0.39 is 42.0 Å². The predicted molar refractivity (Wildman–Crippen MR) is 142 cm³/mol. The Labute approximate surface area is 216 Å². The largest absolute Gasteiger partial charge is 0.497 e. The van der Waals surface area contributed by atoms with Crippen LogP contribution in [0.25, 0.3) is 0 Å². The molecule has 194 valence electrons. The van der Waals surface area contributed by atoms with Gasteiger partial charge >= 0.3 is 6.03 Å². The van der Waals surface area contributed by atoms with E-state index in [4.69, 9.17) is 10.5 Å². The third-order valence-corrected chi connectivity index (χ3v) is 6.15. The molecule has 2 atom stereocenters. The highest BCUT2D eigenvalue weighted by atomic mass is 16.5. The van der Waals surface area contributed by atoms with Crippen molar-refractivity contribution < 1.29 is 24.2 Å². The smallest absolute Gasteiger partial charge is 0.319 e. The summed E-state index contributed by atoms with van der Waals surface area (Å²) in [6.45, 7) is 2.85. The first kappa shape index (κ1) is 27.2. The molecule has 3 aromatic carbocycles. The number of ether oxygens (including phenoxy) is 1. The zero-order valence-electron chi connectivity index (χ0n) is 21.0. The Bertz CT molecular complexity index is 1200. The van der Waals surface area contributed by atoms with Crippen LogP contribution in [-0.2, 0) is 15.1 Å². The number of nitrogens with one attached hydrogen (secondary N) is 2. The first-order valence-electron chi connectivity index (χ1n) is 11.8. The molecule has 37 heavy (non-hydrogen) atoms. The second kappa shape index (κ2) is 12.0. The van der Waals surface area contributed by atoms with E-state index >= 15 is 0 Å². The van der Waals surface area contributed by atoms with Gasteiger partial charge in [0.05, 0.1) is 13.7 Å². The Morgan fingerprint density at radius 1 is 0.946 bits per heavy atom. The molecule has 0 radical (unpaired) electrons. The van der Waals surface area contributed by atoms with E-state index in [0.717, 1.165) is 0 Å². The number of urea groups is 1. The number of rotatable bonds is 10. The Kier molecular flexibility index (Phi) is 8.86. The average Bonchev–Trinajstić information content (AvgIpc) is 2.90. The quantitative estimate of drug-likeness (QED) is 0.336. The molecule has 3 rings (SSSR count). The van der Waals surface area contributed by atoms with Crippen LogP contribution in [0.15, 0.2) is 84.9 Å². The van der Waals surface area contributed by atoms with Crippen LogP contribution < -0.4 is 26.0 Å². The lowest BCUT2D eigenvalue weighted by Crippen LogP contribution is -2.64. The van der Waals surface area contributed by atoms with Gasteiger partial charge in [0.25, 0.3) is 5.91 Å². The molecule has 1 unspecified atom stereocenters. The number of primary amides is 1. The van der Waals surface area contributed by atoms with E-state index in [9.17, 15) is 19.5 Å². The van der Waals surface area contributed by atoms with Crippen molar-refractivity contribution in [1.82, 2.24) is 5.32 Å². The summed E-state index contributed by atoms with van der Waals surface area (Å²) in [6, 6.07) is 21.9. The summed E-state index contributed by atoms with van der Waals surface area (Å²) in [6.07, 6.45) is 0. The van der Waals surface area contributed by atoms with Gasteiger partial charge in [0.2, 0.25) is 5.91 Å². The van der Waals surface area contributed by atoms with E-state index in [1.165, 1.54) is 12.0 Å². The van der Waals surface area contributed by atoms with Crippen LogP contribution >= 0.6 is 0 Å². The Hall–Kier alpha value is -4.37. The van der Waals surface area contributed by atoms with Crippen LogP contribution in [0.1, 0.15) is 19.4 Å². The maximum atomic E-state index is 14.1. The van der Waals surface area contributed by atoms with E-state index in [2.05, 4.69) is 10.6 Å². The number of carbonyl (C=O) groups is 3. The number of hydrogen-bond acceptors (Lipinski definition) is 5. The summed E-state index contributed by atoms with van der Waals surface area (Å²) in [5, 5.41) is 15.3. The Morgan fingerprint density at radius 3 is 2.00 bits per heavy atom.